The quantitative estimate of drug-likeness (QED) is 0.912. The van der Waals surface area contributed by atoms with Crippen LogP contribution in [0.1, 0.15) is 29.7 Å². The second-order valence-corrected chi connectivity index (χ2v) is 6.79. The Morgan fingerprint density at radius 3 is 2.77 bits per heavy atom. The van der Waals surface area contributed by atoms with Gasteiger partial charge in [0.15, 0.2) is 11.5 Å². The second kappa shape index (κ2) is 6.85. The lowest BCUT2D eigenvalue weighted by Gasteiger charge is -2.38. The van der Waals surface area contributed by atoms with Crippen LogP contribution in [0, 0.1) is 18.3 Å². The van der Waals surface area contributed by atoms with Crippen LogP contribution in [0.3, 0.4) is 0 Å². The normalized spacial score (nSPS) is 17.5. The van der Waals surface area contributed by atoms with Crippen LogP contribution < -0.4 is 14.8 Å². The fraction of sp³-hybridized carbons (Fsp3) is 0.400. The zero-order valence-electron chi connectivity index (χ0n) is 14.7. The lowest BCUT2D eigenvalue weighted by Crippen LogP contribution is -2.40. The van der Waals surface area contributed by atoms with Crippen molar-refractivity contribution in [2.75, 3.05) is 31.9 Å². The first kappa shape index (κ1) is 16.7. The van der Waals surface area contributed by atoms with Crippen LogP contribution in [0.25, 0.3) is 0 Å². The number of benzene rings is 1. The minimum Gasteiger partial charge on any atom is -0.454 e. The van der Waals surface area contributed by atoms with E-state index in [1.165, 1.54) is 5.56 Å². The van der Waals surface area contributed by atoms with Crippen molar-refractivity contribution in [3.8, 4) is 17.6 Å². The molecule has 0 amide bonds. The number of ether oxygens (including phenoxy) is 3. The van der Waals surface area contributed by atoms with Crippen LogP contribution in [-0.2, 0) is 10.2 Å². The Bertz CT molecular complexity index is 854. The molecule has 1 saturated heterocycles. The molecule has 2 aromatic rings. The number of aromatic nitrogens is 1. The van der Waals surface area contributed by atoms with Gasteiger partial charge in [-0.15, -0.1) is 0 Å². The summed E-state index contributed by atoms with van der Waals surface area (Å²) in [7, 11) is 0. The molecule has 6 nitrogen and oxygen atoms in total. The molecule has 0 saturated carbocycles. The van der Waals surface area contributed by atoms with Crippen LogP contribution in [-0.4, -0.2) is 31.5 Å². The van der Waals surface area contributed by atoms with E-state index in [0.29, 0.717) is 5.69 Å². The molecule has 1 aromatic carbocycles. The van der Waals surface area contributed by atoms with Crippen LogP contribution >= 0.6 is 0 Å². The van der Waals surface area contributed by atoms with Gasteiger partial charge in [0.25, 0.3) is 0 Å². The maximum atomic E-state index is 9.20. The highest BCUT2D eigenvalue weighted by molar-refractivity contribution is 5.48. The highest BCUT2D eigenvalue weighted by Gasteiger charge is 2.35. The largest absolute Gasteiger partial charge is 0.454 e. The molecule has 0 unspecified atom stereocenters. The van der Waals surface area contributed by atoms with E-state index in [4.69, 9.17) is 14.2 Å². The molecule has 0 radical (unpaired) electrons. The molecule has 0 aliphatic carbocycles. The van der Waals surface area contributed by atoms with E-state index < -0.39 is 0 Å². The third-order valence-corrected chi connectivity index (χ3v) is 5.25. The Kier molecular flexibility index (Phi) is 4.39. The summed E-state index contributed by atoms with van der Waals surface area (Å²) in [5.74, 6) is 2.31. The van der Waals surface area contributed by atoms with Gasteiger partial charge >= 0.3 is 0 Å². The first-order chi connectivity index (χ1) is 12.7. The zero-order chi connectivity index (χ0) is 18.0. The third-order valence-electron chi connectivity index (χ3n) is 5.25. The molecule has 0 bridgehead atoms. The van der Waals surface area contributed by atoms with Gasteiger partial charge in [-0.3, -0.25) is 0 Å². The van der Waals surface area contributed by atoms with Crippen LogP contribution in [0.5, 0.6) is 11.5 Å². The molecule has 4 rings (SSSR count). The Labute approximate surface area is 152 Å². The molecule has 134 valence electrons. The average Bonchev–Trinajstić information content (AvgIpc) is 3.16. The second-order valence-electron chi connectivity index (χ2n) is 6.79. The van der Waals surface area contributed by atoms with E-state index in [1.54, 1.807) is 0 Å². The summed E-state index contributed by atoms with van der Waals surface area (Å²) < 4.78 is 16.6. The Hall–Kier alpha value is -2.78. The first-order valence-electron chi connectivity index (χ1n) is 8.80. The van der Waals surface area contributed by atoms with Crippen molar-refractivity contribution in [2.24, 2.45) is 0 Å². The predicted octanol–water partition coefficient (Wildman–Crippen LogP) is 3.15. The first-order valence-corrected chi connectivity index (χ1v) is 8.80. The van der Waals surface area contributed by atoms with Crippen molar-refractivity contribution in [1.82, 2.24) is 4.98 Å². The smallest absolute Gasteiger partial charge is 0.231 e. The molecule has 1 fully saturated rings. The lowest BCUT2D eigenvalue weighted by molar-refractivity contribution is 0.0543. The molecule has 0 spiro atoms. The SMILES string of the molecule is Cc1ccc(NCC2(c3ccc4c(c3)OCO4)CCOCC2)nc1C#N. The molecule has 2 aliphatic heterocycles. The van der Waals surface area contributed by atoms with Gasteiger partial charge in [-0.2, -0.15) is 5.26 Å². The molecule has 1 aromatic heterocycles. The minimum atomic E-state index is -0.0708. The zero-order valence-corrected chi connectivity index (χ0v) is 14.7. The van der Waals surface area contributed by atoms with Crippen LogP contribution in [0.4, 0.5) is 5.82 Å². The summed E-state index contributed by atoms with van der Waals surface area (Å²) in [6.45, 7) is 4.33. The maximum Gasteiger partial charge on any atom is 0.231 e. The number of rotatable bonds is 4. The molecule has 26 heavy (non-hydrogen) atoms. The molecule has 6 heteroatoms. The van der Waals surface area contributed by atoms with Gasteiger partial charge in [0.2, 0.25) is 6.79 Å². The summed E-state index contributed by atoms with van der Waals surface area (Å²) in [5.41, 5.74) is 2.48. The number of nitrogens with zero attached hydrogens (tertiary/aromatic N) is 2. The summed E-state index contributed by atoms with van der Waals surface area (Å²) in [6.07, 6.45) is 1.83. The molecular formula is C20H21N3O3. The molecule has 2 aliphatic rings. The molecule has 3 heterocycles. The summed E-state index contributed by atoms with van der Waals surface area (Å²) in [5, 5.41) is 12.6. The van der Waals surface area contributed by atoms with Crippen molar-refractivity contribution in [3.05, 3.63) is 47.2 Å². The number of anilines is 1. The molecule has 0 atom stereocenters. The average molecular weight is 351 g/mol. The van der Waals surface area contributed by atoms with E-state index >= 15 is 0 Å². The van der Waals surface area contributed by atoms with Gasteiger partial charge < -0.3 is 19.5 Å². The monoisotopic (exact) mass is 351 g/mol. The number of nitrogens with one attached hydrogen (secondary N) is 1. The van der Waals surface area contributed by atoms with E-state index in [9.17, 15) is 5.26 Å². The van der Waals surface area contributed by atoms with Crippen molar-refractivity contribution in [3.63, 3.8) is 0 Å². The summed E-state index contributed by atoms with van der Waals surface area (Å²) in [4.78, 5) is 4.41. The topological polar surface area (TPSA) is 76.4 Å². The number of aryl methyl sites for hydroxylation is 1. The van der Waals surface area contributed by atoms with Crippen molar-refractivity contribution in [2.45, 2.75) is 25.2 Å². The number of nitriles is 1. The van der Waals surface area contributed by atoms with Crippen molar-refractivity contribution < 1.29 is 14.2 Å². The highest BCUT2D eigenvalue weighted by atomic mass is 16.7. The number of fused-ring (bicyclic) bond motifs is 1. The molecule has 1 N–H and O–H groups in total. The van der Waals surface area contributed by atoms with Gasteiger partial charge in [0.1, 0.15) is 17.6 Å². The van der Waals surface area contributed by atoms with Gasteiger partial charge in [0.05, 0.1) is 0 Å². The van der Waals surface area contributed by atoms with Crippen molar-refractivity contribution >= 4 is 5.82 Å². The van der Waals surface area contributed by atoms with Crippen LogP contribution in [0.15, 0.2) is 30.3 Å². The minimum absolute atomic E-state index is 0.0708. The summed E-state index contributed by atoms with van der Waals surface area (Å²) in [6, 6.07) is 12.2. The van der Waals surface area contributed by atoms with Crippen molar-refractivity contribution in [1.29, 1.82) is 5.26 Å². The van der Waals surface area contributed by atoms with E-state index in [-0.39, 0.29) is 12.2 Å². The fourth-order valence-electron chi connectivity index (χ4n) is 3.56. The number of pyridine rings is 1. The Morgan fingerprint density at radius 2 is 1.96 bits per heavy atom. The van der Waals surface area contributed by atoms with E-state index in [2.05, 4.69) is 28.5 Å². The van der Waals surface area contributed by atoms with Gasteiger partial charge in [-0.05, 0) is 49.1 Å². The lowest BCUT2D eigenvalue weighted by atomic mass is 9.74. The third kappa shape index (κ3) is 3.06. The Morgan fingerprint density at radius 1 is 1.15 bits per heavy atom. The van der Waals surface area contributed by atoms with Gasteiger partial charge in [-0.1, -0.05) is 12.1 Å². The van der Waals surface area contributed by atoms with E-state index in [0.717, 1.165) is 55.5 Å². The standard InChI is InChI=1S/C20H21N3O3/c1-14-2-5-19(23-16(14)11-21)22-12-20(6-8-24-9-7-20)15-3-4-17-18(10-15)26-13-25-17/h2-5,10H,6-9,12-13H2,1H3,(H,22,23). The predicted molar refractivity (Wildman–Crippen MR) is 96.5 cm³/mol. The van der Waals surface area contributed by atoms with E-state index in [1.807, 2.05) is 25.1 Å². The van der Waals surface area contributed by atoms with Gasteiger partial charge in [0, 0.05) is 25.2 Å². The highest BCUT2D eigenvalue weighted by Crippen LogP contribution is 2.41. The summed E-state index contributed by atoms with van der Waals surface area (Å²) >= 11 is 0. The maximum absolute atomic E-state index is 9.20. The fourth-order valence-corrected chi connectivity index (χ4v) is 3.56. The molecular weight excluding hydrogens is 330 g/mol. The van der Waals surface area contributed by atoms with Gasteiger partial charge in [-0.25, -0.2) is 4.98 Å². The number of hydrogen-bond donors (Lipinski definition) is 1. The van der Waals surface area contributed by atoms with Crippen LogP contribution in [0.2, 0.25) is 0 Å². The Balaban J connectivity index is 1.60. The number of hydrogen-bond acceptors (Lipinski definition) is 6.